The quantitative estimate of drug-likeness (QED) is 0.701. The van der Waals surface area contributed by atoms with Gasteiger partial charge in [0.15, 0.2) is 0 Å². The Labute approximate surface area is 147 Å². The monoisotopic (exact) mass is 354 g/mol. The number of rotatable bonds is 5. The lowest BCUT2D eigenvalue weighted by molar-refractivity contribution is 0.102. The number of thioether (sulfide) groups is 1. The average Bonchev–Trinajstić information content (AvgIpc) is 3.05. The number of hydrogen-bond donors (Lipinski definition) is 1. The van der Waals surface area contributed by atoms with Crippen LogP contribution in [0.3, 0.4) is 0 Å². The molecule has 1 N–H and O–H groups in total. The highest BCUT2D eigenvalue weighted by molar-refractivity contribution is 7.99. The topological polar surface area (TPSA) is 105 Å². The fraction of sp³-hybridized carbons (Fsp3) is 0.188. The molecule has 1 aromatic carbocycles. The molecule has 3 aromatic rings. The third-order valence-corrected chi connectivity index (χ3v) is 4.15. The Morgan fingerprint density at radius 1 is 1.40 bits per heavy atom. The molecule has 126 valence electrons. The molecule has 0 spiro atoms. The Hall–Kier alpha value is -3.12. The molecule has 0 saturated carbocycles. The number of nitriles is 1. The van der Waals surface area contributed by atoms with Crippen LogP contribution in [0, 0.1) is 18.3 Å². The third-order valence-electron chi connectivity index (χ3n) is 3.45. The van der Waals surface area contributed by atoms with Crippen LogP contribution in [-0.4, -0.2) is 38.4 Å². The number of nitrogens with zero attached hydrogens (tertiary/aromatic N) is 5. The second kappa shape index (κ2) is 7.19. The lowest BCUT2D eigenvalue weighted by Crippen LogP contribution is -2.16. The van der Waals surface area contributed by atoms with E-state index in [2.05, 4.69) is 20.4 Å². The maximum absolute atomic E-state index is 12.5. The second-order valence-corrected chi connectivity index (χ2v) is 5.94. The number of ether oxygens (including phenoxy) is 1. The molecule has 9 heteroatoms. The zero-order valence-corrected chi connectivity index (χ0v) is 14.4. The number of hydrogen-bond acceptors (Lipinski definition) is 7. The van der Waals surface area contributed by atoms with E-state index in [0.717, 1.165) is 0 Å². The van der Waals surface area contributed by atoms with Gasteiger partial charge in [0, 0.05) is 11.9 Å². The SMILES string of the molecule is COc1ccc(NC(=O)c2cnc3nc(SCC#N)nn3c2C)cc1. The minimum Gasteiger partial charge on any atom is -0.497 e. The molecule has 0 bridgehead atoms. The first-order valence-electron chi connectivity index (χ1n) is 7.30. The first kappa shape index (κ1) is 16.7. The van der Waals surface area contributed by atoms with Crippen molar-refractivity contribution in [3.8, 4) is 11.8 Å². The maximum Gasteiger partial charge on any atom is 0.259 e. The molecule has 2 heterocycles. The Kier molecular flexibility index (Phi) is 4.81. The zero-order valence-electron chi connectivity index (χ0n) is 13.6. The Morgan fingerprint density at radius 3 is 2.84 bits per heavy atom. The van der Waals surface area contributed by atoms with Crippen molar-refractivity contribution in [1.82, 2.24) is 19.6 Å². The van der Waals surface area contributed by atoms with Crippen molar-refractivity contribution in [3.05, 3.63) is 41.7 Å². The molecule has 25 heavy (non-hydrogen) atoms. The Bertz CT molecular complexity index is 961. The molecule has 0 aliphatic rings. The maximum atomic E-state index is 12.5. The summed E-state index contributed by atoms with van der Waals surface area (Å²) in [6, 6.07) is 9.06. The van der Waals surface area contributed by atoms with Crippen LogP contribution in [0.15, 0.2) is 35.6 Å². The van der Waals surface area contributed by atoms with E-state index in [9.17, 15) is 4.79 Å². The lowest BCUT2D eigenvalue weighted by atomic mass is 10.2. The van der Waals surface area contributed by atoms with Gasteiger partial charge in [0.1, 0.15) is 5.75 Å². The van der Waals surface area contributed by atoms with E-state index in [1.165, 1.54) is 22.5 Å². The molecular formula is C16H14N6O2S. The van der Waals surface area contributed by atoms with Gasteiger partial charge in [-0.15, -0.1) is 5.10 Å². The van der Waals surface area contributed by atoms with E-state index >= 15 is 0 Å². The molecule has 2 aromatic heterocycles. The summed E-state index contributed by atoms with van der Waals surface area (Å²) in [5.74, 6) is 1.06. The molecule has 8 nitrogen and oxygen atoms in total. The molecule has 0 unspecified atom stereocenters. The van der Waals surface area contributed by atoms with Crippen LogP contribution >= 0.6 is 11.8 Å². The molecule has 0 fully saturated rings. The van der Waals surface area contributed by atoms with Gasteiger partial charge in [0.05, 0.1) is 30.2 Å². The Balaban J connectivity index is 1.85. The van der Waals surface area contributed by atoms with Crippen LogP contribution < -0.4 is 10.1 Å². The van der Waals surface area contributed by atoms with Gasteiger partial charge in [-0.25, -0.2) is 4.98 Å². The van der Waals surface area contributed by atoms with Gasteiger partial charge in [-0.3, -0.25) is 4.79 Å². The number of methoxy groups -OCH3 is 1. The van der Waals surface area contributed by atoms with Gasteiger partial charge in [-0.2, -0.15) is 14.8 Å². The van der Waals surface area contributed by atoms with E-state index in [0.29, 0.717) is 33.6 Å². The van der Waals surface area contributed by atoms with Crippen molar-refractivity contribution in [2.75, 3.05) is 18.2 Å². The number of fused-ring (bicyclic) bond motifs is 1. The van der Waals surface area contributed by atoms with Gasteiger partial charge < -0.3 is 10.1 Å². The van der Waals surface area contributed by atoms with Crippen LogP contribution in [0.25, 0.3) is 5.78 Å². The van der Waals surface area contributed by atoms with Gasteiger partial charge in [-0.1, -0.05) is 11.8 Å². The molecule has 0 atom stereocenters. The van der Waals surface area contributed by atoms with E-state index in [4.69, 9.17) is 10.00 Å². The van der Waals surface area contributed by atoms with Gasteiger partial charge in [0.2, 0.25) is 5.16 Å². The molecule has 0 aliphatic carbocycles. The van der Waals surface area contributed by atoms with Crippen LogP contribution in [0.1, 0.15) is 16.1 Å². The van der Waals surface area contributed by atoms with Crippen molar-refractivity contribution in [3.63, 3.8) is 0 Å². The summed E-state index contributed by atoms with van der Waals surface area (Å²) in [5, 5.41) is 16.2. The minimum atomic E-state index is -0.293. The number of carbonyl (C=O) groups is 1. The molecule has 1 amide bonds. The number of benzene rings is 1. The smallest absolute Gasteiger partial charge is 0.259 e. The molecule has 0 aliphatic heterocycles. The summed E-state index contributed by atoms with van der Waals surface area (Å²) in [6.45, 7) is 1.77. The van der Waals surface area contributed by atoms with Crippen LogP contribution in [-0.2, 0) is 0 Å². The number of nitrogens with one attached hydrogen (secondary N) is 1. The van der Waals surface area contributed by atoms with Gasteiger partial charge in [0.25, 0.3) is 11.7 Å². The number of anilines is 1. The summed E-state index contributed by atoms with van der Waals surface area (Å²) in [5.41, 5.74) is 1.66. The van der Waals surface area contributed by atoms with Gasteiger partial charge >= 0.3 is 0 Å². The molecule has 0 radical (unpaired) electrons. The van der Waals surface area contributed by atoms with Crippen molar-refractivity contribution in [1.29, 1.82) is 5.26 Å². The largest absolute Gasteiger partial charge is 0.497 e. The highest BCUT2D eigenvalue weighted by Gasteiger charge is 2.15. The van der Waals surface area contributed by atoms with Gasteiger partial charge in [-0.05, 0) is 31.2 Å². The summed E-state index contributed by atoms with van der Waals surface area (Å²) in [4.78, 5) is 20.9. The first-order valence-corrected chi connectivity index (χ1v) is 8.28. The fourth-order valence-corrected chi connectivity index (χ4v) is 2.66. The predicted molar refractivity (Wildman–Crippen MR) is 92.8 cm³/mol. The number of aryl methyl sites for hydroxylation is 1. The highest BCUT2D eigenvalue weighted by Crippen LogP contribution is 2.18. The summed E-state index contributed by atoms with van der Waals surface area (Å²) in [7, 11) is 1.58. The minimum absolute atomic E-state index is 0.251. The number of amides is 1. The van der Waals surface area contributed by atoms with Crippen molar-refractivity contribution < 1.29 is 9.53 Å². The lowest BCUT2D eigenvalue weighted by Gasteiger charge is -2.08. The summed E-state index contributed by atoms with van der Waals surface area (Å²) >= 11 is 1.22. The van der Waals surface area contributed by atoms with Crippen molar-refractivity contribution in [2.45, 2.75) is 12.1 Å². The standard InChI is InChI=1S/C16H14N6O2S/c1-10-13(14(23)19-11-3-5-12(24-2)6-4-11)9-18-15-20-16(21-22(10)15)25-8-7-17/h3-6,9H,8H2,1-2H3,(H,19,23). The zero-order chi connectivity index (χ0) is 17.8. The van der Waals surface area contributed by atoms with E-state index < -0.39 is 0 Å². The summed E-state index contributed by atoms with van der Waals surface area (Å²) < 4.78 is 6.60. The molecular weight excluding hydrogens is 340 g/mol. The first-order chi connectivity index (χ1) is 12.1. The van der Waals surface area contributed by atoms with E-state index in [1.807, 2.05) is 6.07 Å². The predicted octanol–water partition coefficient (Wildman–Crippen LogP) is 2.31. The van der Waals surface area contributed by atoms with E-state index in [-0.39, 0.29) is 11.7 Å². The van der Waals surface area contributed by atoms with Crippen LogP contribution in [0.2, 0.25) is 0 Å². The Morgan fingerprint density at radius 2 is 2.16 bits per heavy atom. The highest BCUT2D eigenvalue weighted by atomic mass is 32.2. The fourth-order valence-electron chi connectivity index (χ4n) is 2.18. The van der Waals surface area contributed by atoms with Crippen LogP contribution in [0.5, 0.6) is 5.75 Å². The van der Waals surface area contributed by atoms with Crippen molar-refractivity contribution in [2.24, 2.45) is 0 Å². The number of carbonyl (C=O) groups excluding carboxylic acids is 1. The van der Waals surface area contributed by atoms with Crippen molar-refractivity contribution >= 4 is 29.1 Å². The average molecular weight is 354 g/mol. The third kappa shape index (κ3) is 3.54. The normalized spacial score (nSPS) is 10.4. The molecule has 3 rings (SSSR count). The van der Waals surface area contributed by atoms with E-state index in [1.54, 1.807) is 38.3 Å². The number of aromatic nitrogens is 4. The summed E-state index contributed by atoms with van der Waals surface area (Å²) in [6.07, 6.45) is 1.47. The second-order valence-electron chi connectivity index (χ2n) is 4.99. The molecule has 0 saturated heterocycles. The van der Waals surface area contributed by atoms with Crippen LogP contribution in [0.4, 0.5) is 5.69 Å².